The molecule has 1 fully saturated rings. The van der Waals surface area contributed by atoms with E-state index in [-0.39, 0.29) is 0 Å². The molecule has 14 heavy (non-hydrogen) atoms. The van der Waals surface area contributed by atoms with Crippen molar-refractivity contribution in [2.24, 2.45) is 0 Å². The molecule has 1 aromatic rings. The van der Waals surface area contributed by atoms with Crippen LogP contribution in [0.3, 0.4) is 0 Å². The highest BCUT2D eigenvalue weighted by Gasteiger charge is 2.15. The molecule has 1 saturated carbocycles. The van der Waals surface area contributed by atoms with Crippen molar-refractivity contribution in [3.05, 3.63) is 28.8 Å². The van der Waals surface area contributed by atoms with Crippen LogP contribution in [-0.4, -0.2) is 0 Å². The van der Waals surface area contributed by atoms with Crippen molar-refractivity contribution >= 4 is 24.2 Å². The lowest BCUT2D eigenvalue weighted by Crippen LogP contribution is -2.04. The van der Waals surface area contributed by atoms with E-state index in [0.717, 1.165) is 15.8 Å². The minimum absolute atomic E-state index is 0.732. The fourth-order valence-electron chi connectivity index (χ4n) is 2.21. The Morgan fingerprint density at radius 2 is 1.86 bits per heavy atom. The van der Waals surface area contributed by atoms with Gasteiger partial charge < -0.3 is 0 Å². The van der Waals surface area contributed by atoms with Crippen molar-refractivity contribution < 1.29 is 0 Å². The van der Waals surface area contributed by atoms with E-state index in [2.05, 4.69) is 24.8 Å². The molecule has 0 atom stereocenters. The molecular formula is C12H15ClS. The van der Waals surface area contributed by atoms with Gasteiger partial charge in [0.25, 0.3) is 0 Å². The zero-order valence-electron chi connectivity index (χ0n) is 8.17. The smallest absolute Gasteiger partial charge is 0.0542 e. The summed E-state index contributed by atoms with van der Waals surface area (Å²) in [6.07, 6.45) is 6.77. The average Bonchev–Trinajstić information content (AvgIpc) is 2.23. The highest BCUT2D eigenvalue weighted by atomic mass is 35.5. The van der Waals surface area contributed by atoms with Crippen LogP contribution in [0, 0.1) is 0 Å². The van der Waals surface area contributed by atoms with Gasteiger partial charge in [-0.05, 0) is 36.5 Å². The summed E-state index contributed by atoms with van der Waals surface area (Å²) in [5.41, 5.74) is 1.40. The SMILES string of the molecule is Sc1ccc(C2CCCCC2)cc1Cl. The third-order valence-corrected chi connectivity index (χ3v) is 3.88. The summed E-state index contributed by atoms with van der Waals surface area (Å²) in [6, 6.07) is 6.26. The fraction of sp³-hybridized carbons (Fsp3) is 0.500. The summed E-state index contributed by atoms with van der Waals surface area (Å²) in [6.45, 7) is 0. The summed E-state index contributed by atoms with van der Waals surface area (Å²) >= 11 is 10.3. The lowest BCUT2D eigenvalue weighted by atomic mass is 9.84. The minimum Gasteiger partial charge on any atom is -0.142 e. The van der Waals surface area contributed by atoms with E-state index in [9.17, 15) is 0 Å². The van der Waals surface area contributed by atoms with Gasteiger partial charge >= 0.3 is 0 Å². The van der Waals surface area contributed by atoms with Gasteiger partial charge in [0.1, 0.15) is 0 Å². The summed E-state index contributed by atoms with van der Waals surface area (Å²) in [4.78, 5) is 0.881. The van der Waals surface area contributed by atoms with Crippen LogP contribution in [0.2, 0.25) is 5.02 Å². The monoisotopic (exact) mass is 226 g/mol. The first-order chi connectivity index (χ1) is 6.77. The van der Waals surface area contributed by atoms with E-state index in [1.807, 2.05) is 6.07 Å². The zero-order valence-corrected chi connectivity index (χ0v) is 9.82. The van der Waals surface area contributed by atoms with E-state index in [1.165, 1.54) is 37.7 Å². The van der Waals surface area contributed by atoms with Gasteiger partial charge in [-0.2, -0.15) is 0 Å². The molecule has 1 aliphatic rings. The van der Waals surface area contributed by atoms with E-state index in [4.69, 9.17) is 11.6 Å². The van der Waals surface area contributed by atoms with Crippen LogP contribution in [-0.2, 0) is 0 Å². The number of hydrogen-bond donors (Lipinski definition) is 1. The molecule has 0 saturated heterocycles. The fourth-order valence-corrected chi connectivity index (χ4v) is 2.54. The highest BCUT2D eigenvalue weighted by molar-refractivity contribution is 7.80. The topological polar surface area (TPSA) is 0 Å². The molecule has 2 heteroatoms. The maximum Gasteiger partial charge on any atom is 0.0542 e. The molecule has 0 N–H and O–H groups in total. The van der Waals surface area contributed by atoms with Gasteiger partial charge in [-0.15, -0.1) is 12.6 Å². The maximum atomic E-state index is 6.06. The Morgan fingerprint density at radius 3 is 2.50 bits per heavy atom. The number of benzene rings is 1. The second kappa shape index (κ2) is 4.59. The first kappa shape index (κ1) is 10.4. The third kappa shape index (κ3) is 2.26. The molecule has 0 nitrogen and oxygen atoms in total. The van der Waals surface area contributed by atoms with Gasteiger partial charge in [0.15, 0.2) is 0 Å². The standard InChI is InChI=1S/C12H15ClS/c13-11-8-10(6-7-12(11)14)9-4-2-1-3-5-9/h6-9,14H,1-5H2. The Morgan fingerprint density at radius 1 is 1.14 bits per heavy atom. The minimum atomic E-state index is 0.732. The Balaban J connectivity index is 2.18. The van der Waals surface area contributed by atoms with Gasteiger partial charge in [-0.25, -0.2) is 0 Å². The number of hydrogen-bond acceptors (Lipinski definition) is 1. The van der Waals surface area contributed by atoms with E-state index in [1.54, 1.807) is 0 Å². The normalized spacial score (nSPS) is 18.4. The van der Waals surface area contributed by atoms with Crippen molar-refractivity contribution in [3.63, 3.8) is 0 Å². The molecule has 76 valence electrons. The van der Waals surface area contributed by atoms with Gasteiger partial charge in [-0.3, -0.25) is 0 Å². The zero-order chi connectivity index (χ0) is 9.97. The Hall–Kier alpha value is -0.140. The number of thiol groups is 1. The summed E-state index contributed by atoms with van der Waals surface area (Å²) in [5, 5.41) is 0.788. The molecule has 0 amide bonds. The molecular weight excluding hydrogens is 212 g/mol. The molecule has 1 aromatic carbocycles. The Kier molecular flexibility index (Phi) is 3.40. The van der Waals surface area contributed by atoms with E-state index >= 15 is 0 Å². The first-order valence-corrected chi connectivity index (χ1v) is 6.08. The molecule has 0 unspecified atom stereocenters. The van der Waals surface area contributed by atoms with Crippen LogP contribution in [0.5, 0.6) is 0 Å². The van der Waals surface area contributed by atoms with Gasteiger partial charge in [0, 0.05) is 4.90 Å². The van der Waals surface area contributed by atoms with Crippen LogP contribution >= 0.6 is 24.2 Å². The molecule has 1 aliphatic carbocycles. The van der Waals surface area contributed by atoms with Crippen molar-refractivity contribution in [2.45, 2.75) is 42.9 Å². The Labute approximate surface area is 96.1 Å². The lowest BCUT2D eigenvalue weighted by Gasteiger charge is -2.22. The summed E-state index contributed by atoms with van der Waals surface area (Å²) in [7, 11) is 0. The van der Waals surface area contributed by atoms with E-state index in [0.29, 0.717) is 0 Å². The molecule has 0 spiro atoms. The number of halogens is 1. The quantitative estimate of drug-likeness (QED) is 0.661. The Bertz CT molecular complexity index is 316. The van der Waals surface area contributed by atoms with Crippen LogP contribution < -0.4 is 0 Å². The molecule has 0 heterocycles. The van der Waals surface area contributed by atoms with Crippen LogP contribution in [0.4, 0.5) is 0 Å². The second-order valence-corrected chi connectivity index (χ2v) is 4.93. The molecule has 0 aliphatic heterocycles. The average molecular weight is 227 g/mol. The summed E-state index contributed by atoms with van der Waals surface area (Å²) < 4.78 is 0. The van der Waals surface area contributed by atoms with Crippen molar-refractivity contribution in [2.75, 3.05) is 0 Å². The molecule has 0 radical (unpaired) electrons. The van der Waals surface area contributed by atoms with Gasteiger partial charge in [0.05, 0.1) is 5.02 Å². The van der Waals surface area contributed by atoms with E-state index < -0.39 is 0 Å². The predicted octanol–water partition coefficient (Wildman–Crippen LogP) is 4.68. The molecule has 0 bridgehead atoms. The lowest BCUT2D eigenvalue weighted by molar-refractivity contribution is 0.443. The molecule has 0 aromatic heterocycles. The largest absolute Gasteiger partial charge is 0.142 e. The third-order valence-electron chi connectivity index (χ3n) is 3.05. The first-order valence-electron chi connectivity index (χ1n) is 5.26. The second-order valence-electron chi connectivity index (χ2n) is 4.05. The van der Waals surface area contributed by atoms with Crippen LogP contribution in [0.15, 0.2) is 23.1 Å². The van der Waals surface area contributed by atoms with Gasteiger partial charge in [0.2, 0.25) is 0 Å². The van der Waals surface area contributed by atoms with Gasteiger partial charge in [-0.1, -0.05) is 36.9 Å². The van der Waals surface area contributed by atoms with Crippen molar-refractivity contribution in [1.82, 2.24) is 0 Å². The number of rotatable bonds is 1. The predicted molar refractivity (Wildman–Crippen MR) is 64.5 cm³/mol. The van der Waals surface area contributed by atoms with Crippen LogP contribution in [0.25, 0.3) is 0 Å². The highest BCUT2D eigenvalue weighted by Crippen LogP contribution is 2.34. The maximum absolute atomic E-state index is 6.06. The van der Waals surface area contributed by atoms with Crippen molar-refractivity contribution in [1.29, 1.82) is 0 Å². The summed E-state index contributed by atoms with van der Waals surface area (Å²) in [5.74, 6) is 0.732. The molecule has 2 rings (SSSR count). The van der Waals surface area contributed by atoms with Crippen LogP contribution in [0.1, 0.15) is 43.6 Å². The van der Waals surface area contributed by atoms with Crippen molar-refractivity contribution in [3.8, 4) is 0 Å².